The van der Waals surface area contributed by atoms with Gasteiger partial charge in [-0.25, -0.2) is 4.79 Å². The van der Waals surface area contributed by atoms with E-state index in [1.807, 2.05) is 12.1 Å². The van der Waals surface area contributed by atoms with Gasteiger partial charge in [-0.15, -0.1) is 0 Å². The smallest absolute Gasteiger partial charge is 0.339 e. The largest absolute Gasteiger partial charge is 0.506 e. The lowest BCUT2D eigenvalue weighted by Crippen LogP contribution is -1.96. The van der Waals surface area contributed by atoms with Crippen LogP contribution >= 0.6 is 0 Å². The van der Waals surface area contributed by atoms with E-state index in [-0.39, 0.29) is 22.3 Å². The quantitative estimate of drug-likeness (QED) is 0.737. The first-order valence-electron chi connectivity index (χ1n) is 4.14. The first-order chi connectivity index (χ1) is 6.70. The molecule has 0 radical (unpaired) electrons. The number of carbonyl (C=O) groups is 1. The highest BCUT2D eigenvalue weighted by Crippen LogP contribution is 2.28. The summed E-state index contributed by atoms with van der Waals surface area (Å²) in [5, 5.41) is 19.8. The highest BCUT2D eigenvalue weighted by molar-refractivity contribution is 6.00. The van der Waals surface area contributed by atoms with E-state index < -0.39 is 5.97 Å². The zero-order valence-corrected chi connectivity index (χ0v) is 8.27. The fraction of sp³-hybridized carbons (Fsp3) is 0. The summed E-state index contributed by atoms with van der Waals surface area (Å²) in [6, 6.07) is 10.2. The summed E-state index contributed by atoms with van der Waals surface area (Å²) >= 11 is 0. The predicted octanol–water partition coefficient (Wildman–Crippen LogP) is 0.594. The van der Waals surface area contributed by atoms with Crippen LogP contribution < -0.4 is 0 Å². The highest BCUT2D eigenvalue weighted by atomic mass is 16.4. The standard InChI is InChI=1S/C11H8O3.2H2O/c12-10-8-4-2-1-3-7(8)5-6-9(10)11(13)14;;/h1-6,12H,(H,13,14);2*1H2. The Kier molecular flexibility index (Phi) is 4.43. The molecule has 0 aromatic heterocycles. The molecule has 5 heteroatoms. The van der Waals surface area contributed by atoms with Crippen molar-refractivity contribution in [2.45, 2.75) is 0 Å². The van der Waals surface area contributed by atoms with Crippen molar-refractivity contribution in [1.29, 1.82) is 0 Å². The highest BCUT2D eigenvalue weighted by Gasteiger charge is 2.11. The fourth-order valence-corrected chi connectivity index (χ4v) is 1.43. The zero-order chi connectivity index (χ0) is 10.1. The van der Waals surface area contributed by atoms with E-state index >= 15 is 0 Å². The molecule has 86 valence electrons. The molecule has 6 N–H and O–H groups in total. The van der Waals surface area contributed by atoms with Crippen molar-refractivity contribution in [3.63, 3.8) is 0 Å². The molecule has 0 unspecified atom stereocenters. The third kappa shape index (κ3) is 2.10. The number of fused-ring (bicyclic) bond motifs is 1. The molecule has 0 saturated heterocycles. The summed E-state index contributed by atoms with van der Waals surface area (Å²) in [5.41, 5.74) is -0.0660. The summed E-state index contributed by atoms with van der Waals surface area (Å²) in [6.07, 6.45) is 0. The van der Waals surface area contributed by atoms with E-state index in [4.69, 9.17) is 5.11 Å². The summed E-state index contributed by atoms with van der Waals surface area (Å²) in [7, 11) is 0. The predicted molar refractivity (Wildman–Crippen MR) is 59.8 cm³/mol. The average molecular weight is 224 g/mol. The maximum atomic E-state index is 10.7. The Hall–Kier alpha value is -2.11. The number of carboxylic acids is 1. The Morgan fingerprint density at radius 1 is 1.00 bits per heavy atom. The molecule has 0 heterocycles. The van der Waals surface area contributed by atoms with Crippen LogP contribution in [-0.4, -0.2) is 27.1 Å². The van der Waals surface area contributed by atoms with Crippen LogP contribution in [0.25, 0.3) is 10.8 Å². The van der Waals surface area contributed by atoms with Gasteiger partial charge in [0.1, 0.15) is 11.3 Å². The molecule has 2 rings (SSSR count). The Balaban J connectivity index is 0.00000112. The molecular formula is C11H12O5. The molecule has 16 heavy (non-hydrogen) atoms. The third-order valence-corrected chi connectivity index (χ3v) is 2.13. The Bertz CT molecular complexity index is 507. The Morgan fingerprint density at radius 3 is 2.25 bits per heavy atom. The van der Waals surface area contributed by atoms with Gasteiger partial charge in [-0.1, -0.05) is 30.3 Å². The minimum atomic E-state index is -1.12. The molecule has 0 amide bonds. The fourth-order valence-electron chi connectivity index (χ4n) is 1.43. The van der Waals surface area contributed by atoms with Crippen LogP contribution in [0.1, 0.15) is 10.4 Å². The number of benzene rings is 2. The van der Waals surface area contributed by atoms with E-state index in [2.05, 4.69) is 0 Å². The van der Waals surface area contributed by atoms with Crippen LogP contribution in [-0.2, 0) is 0 Å². The monoisotopic (exact) mass is 224 g/mol. The van der Waals surface area contributed by atoms with Gasteiger partial charge in [0, 0.05) is 5.39 Å². The molecule has 0 bridgehead atoms. The van der Waals surface area contributed by atoms with Crippen molar-refractivity contribution >= 4 is 16.7 Å². The van der Waals surface area contributed by atoms with Gasteiger partial charge in [0.25, 0.3) is 0 Å². The normalized spacial score (nSPS) is 9.00. The van der Waals surface area contributed by atoms with Gasteiger partial charge in [0.15, 0.2) is 0 Å². The minimum Gasteiger partial charge on any atom is -0.506 e. The summed E-state index contributed by atoms with van der Waals surface area (Å²) in [6.45, 7) is 0. The molecular weight excluding hydrogens is 212 g/mol. The summed E-state index contributed by atoms with van der Waals surface area (Å²) < 4.78 is 0. The van der Waals surface area contributed by atoms with Gasteiger partial charge in [0.05, 0.1) is 0 Å². The van der Waals surface area contributed by atoms with Crippen LogP contribution in [0.4, 0.5) is 0 Å². The third-order valence-electron chi connectivity index (χ3n) is 2.13. The molecule has 0 spiro atoms. The zero-order valence-electron chi connectivity index (χ0n) is 8.27. The van der Waals surface area contributed by atoms with Crippen LogP contribution in [0.5, 0.6) is 5.75 Å². The topological polar surface area (TPSA) is 121 Å². The molecule has 0 aliphatic heterocycles. The van der Waals surface area contributed by atoms with E-state index in [1.54, 1.807) is 18.2 Å². The molecule has 0 aliphatic carbocycles. The van der Waals surface area contributed by atoms with Gasteiger partial charge in [0.2, 0.25) is 0 Å². The van der Waals surface area contributed by atoms with Crippen molar-refractivity contribution in [3.8, 4) is 5.75 Å². The number of hydrogen-bond donors (Lipinski definition) is 2. The lowest BCUT2D eigenvalue weighted by molar-refractivity contribution is 0.0694. The van der Waals surface area contributed by atoms with Crippen molar-refractivity contribution in [1.82, 2.24) is 0 Å². The van der Waals surface area contributed by atoms with Gasteiger partial charge in [-0.2, -0.15) is 0 Å². The van der Waals surface area contributed by atoms with Crippen molar-refractivity contribution in [2.24, 2.45) is 0 Å². The van der Waals surface area contributed by atoms with E-state index in [0.29, 0.717) is 5.39 Å². The Labute approximate surface area is 91.2 Å². The first kappa shape index (κ1) is 13.9. The molecule has 5 nitrogen and oxygen atoms in total. The summed E-state index contributed by atoms with van der Waals surface area (Å²) in [5.74, 6) is -1.29. The van der Waals surface area contributed by atoms with Crippen molar-refractivity contribution in [2.75, 3.05) is 0 Å². The molecule has 0 aliphatic rings. The number of carboxylic acid groups (broad SMARTS) is 1. The summed E-state index contributed by atoms with van der Waals surface area (Å²) in [4.78, 5) is 10.7. The van der Waals surface area contributed by atoms with Crippen molar-refractivity contribution < 1.29 is 26.0 Å². The van der Waals surface area contributed by atoms with Crippen LogP contribution in [0, 0.1) is 0 Å². The maximum absolute atomic E-state index is 10.7. The minimum absolute atomic E-state index is 0. The first-order valence-corrected chi connectivity index (χ1v) is 4.14. The lowest BCUT2D eigenvalue weighted by Gasteiger charge is -2.03. The molecule has 0 saturated carbocycles. The van der Waals surface area contributed by atoms with E-state index in [0.717, 1.165) is 5.39 Å². The van der Waals surface area contributed by atoms with Crippen molar-refractivity contribution in [3.05, 3.63) is 42.0 Å². The number of aromatic hydroxyl groups is 1. The van der Waals surface area contributed by atoms with Crippen LogP contribution in [0.3, 0.4) is 0 Å². The van der Waals surface area contributed by atoms with Gasteiger partial charge in [-0.3, -0.25) is 0 Å². The second kappa shape index (κ2) is 5.11. The molecule has 0 fully saturated rings. The van der Waals surface area contributed by atoms with E-state index in [9.17, 15) is 9.90 Å². The second-order valence-electron chi connectivity index (χ2n) is 2.99. The van der Waals surface area contributed by atoms with Crippen LogP contribution in [0.15, 0.2) is 36.4 Å². The molecule has 0 atom stereocenters. The number of rotatable bonds is 1. The van der Waals surface area contributed by atoms with E-state index in [1.165, 1.54) is 6.07 Å². The molecule has 2 aromatic carbocycles. The van der Waals surface area contributed by atoms with Gasteiger partial charge >= 0.3 is 5.97 Å². The number of phenols is 1. The second-order valence-corrected chi connectivity index (χ2v) is 2.99. The van der Waals surface area contributed by atoms with Gasteiger partial charge in [-0.05, 0) is 11.5 Å². The number of aromatic carboxylic acids is 1. The lowest BCUT2D eigenvalue weighted by atomic mass is 10.1. The Morgan fingerprint density at radius 2 is 1.62 bits per heavy atom. The number of hydrogen-bond acceptors (Lipinski definition) is 2. The maximum Gasteiger partial charge on any atom is 0.339 e. The SMILES string of the molecule is O.O.O=C(O)c1ccc2ccccc2c1O. The van der Waals surface area contributed by atoms with Crippen LogP contribution in [0.2, 0.25) is 0 Å². The van der Waals surface area contributed by atoms with Gasteiger partial charge < -0.3 is 21.2 Å². The average Bonchev–Trinajstić information content (AvgIpc) is 2.18. The molecule has 2 aromatic rings.